The van der Waals surface area contributed by atoms with Gasteiger partial charge in [0.15, 0.2) is 11.5 Å². The number of aliphatic carboxylic acids is 2. The second-order valence-electron chi connectivity index (χ2n) is 12.5. The number of carboxylic acids is 2. The molecular formula is C37H44N6O6. The highest BCUT2D eigenvalue weighted by atomic mass is 16.5. The van der Waals surface area contributed by atoms with E-state index in [1.807, 2.05) is 56.3 Å². The molecule has 2 unspecified atom stereocenters. The van der Waals surface area contributed by atoms with Crippen LogP contribution in [0.1, 0.15) is 52.9 Å². The molecular weight excluding hydrogens is 624 g/mol. The van der Waals surface area contributed by atoms with E-state index in [2.05, 4.69) is 50.4 Å². The van der Waals surface area contributed by atoms with Gasteiger partial charge in [0, 0.05) is 69.8 Å². The molecule has 258 valence electrons. The summed E-state index contributed by atoms with van der Waals surface area (Å²) in [5, 5.41) is 25.0. The summed E-state index contributed by atoms with van der Waals surface area (Å²) in [6.07, 6.45) is 7.61. The predicted molar refractivity (Wildman–Crippen MR) is 186 cm³/mol. The Morgan fingerprint density at radius 3 is 2.00 bits per heavy atom. The maximum atomic E-state index is 12.3. The molecule has 3 aromatic rings. The van der Waals surface area contributed by atoms with Crippen LogP contribution in [0.3, 0.4) is 0 Å². The molecule has 0 spiro atoms. The van der Waals surface area contributed by atoms with Crippen molar-refractivity contribution in [3.8, 4) is 6.07 Å². The molecule has 0 radical (unpaired) electrons. The fourth-order valence-corrected chi connectivity index (χ4v) is 6.52. The standard InChI is InChI=1S/C17H23NO2.C16H17N5.C4H4O4/c1-11-6-12(2)8-13(7-11)17(19)20-16-9-14-4-5-15(10-16)18(14)3;1-2-7-20-8-10-21(11-9-20)16-15(12-17)18-13-5-3-4-6-14(13)19-16;5-3(6)1-2-4(7)8/h6-8,14-16H,4-5,9-10H2,1-3H3;2-6H,1,7-11H2;1-2H,(H,5,6)(H,7,8)/b;;2-1-. The average Bonchev–Trinajstić information content (AvgIpc) is 3.26. The smallest absolute Gasteiger partial charge is 0.338 e. The van der Waals surface area contributed by atoms with Crippen LogP contribution >= 0.6 is 0 Å². The summed E-state index contributed by atoms with van der Waals surface area (Å²) in [4.78, 5) is 47.4. The minimum absolute atomic E-state index is 0.0945. The van der Waals surface area contributed by atoms with Crippen molar-refractivity contribution in [2.45, 2.75) is 57.7 Å². The molecule has 2 aromatic carbocycles. The van der Waals surface area contributed by atoms with Crippen molar-refractivity contribution in [2.75, 3.05) is 44.7 Å². The maximum absolute atomic E-state index is 12.3. The minimum Gasteiger partial charge on any atom is -0.478 e. The normalized spacial score (nSPS) is 20.4. The fourth-order valence-electron chi connectivity index (χ4n) is 6.52. The summed E-state index contributed by atoms with van der Waals surface area (Å²) in [6, 6.07) is 17.0. The van der Waals surface area contributed by atoms with E-state index in [1.54, 1.807) is 0 Å². The Hall–Kier alpha value is -5.12. The molecule has 4 heterocycles. The summed E-state index contributed by atoms with van der Waals surface area (Å²) < 4.78 is 5.75. The number of aryl methyl sites for hydroxylation is 2. The molecule has 49 heavy (non-hydrogen) atoms. The number of piperazine rings is 1. The van der Waals surface area contributed by atoms with E-state index in [9.17, 15) is 19.6 Å². The van der Waals surface area contributed by atoms with Crippen LogP contribution in [-0.4, -0.2) is 106 Å². The number of fused-ring (bicyclic) bond motifs is 3. The first-order valence-electron chi connectivity index (χ1n) is 16.4. The lowest BCUT2D eigenvalue weighted by molar-refractivity contribution is -0.134. The van der Waals surface area contributed by atoms with Gasteiger partial charge in [-0.1, -0.05) is 35.4 Å². The Bertz CT molecular complexity index is 1680. The van der Waals surface area contributed by atoms with Gasteiger partial charge in [-0.05, 0) is 58.0 Å². The Kier molecular flexibility index (Phi) is 13.0. The van der Waals surface area contributed by atoms with Crippen LogP contribution in [0, 0.1) is 25.2 Å². The molecule has 3 fully saturated rings. The zero-order valence-electron chi connectivity index (χ0n) is 28.3. The van der Waals surface area contributed by atoms with Crippen molar-refractivity contribution in [3.05, 3.63) is 89.7 Å². The number of benzene rings is 2. The zero-order chi connectivity index (χ0) is 35.5. The lowest BCUT2D eigenvalue weighted by Crippen LogP contribution is -2.47. The number of carbonyl (C=O) groups is 3. The molecule has 3 saturated heterocycles. The summed E-state index contributed by atoms with van der Waals surface area (Å²) in [5.41, 5.74) is 4.92. The Morgan fingerprint density at radius 2 is 1.49 bits per heavy atom. The molecule has 3 aliphatic rings. The Balaban J connectivity index is 0.000000182. The highest BCUT2D eigenvalue weighted by Crippen LogP contribution is 2.35. The third-order valence-electron chi connectivity index (χ3n) is 8.87. The third kappa shape index (κ3) is 10.4. The molecule has 2 bridgehead atoms. The molecule has 12 nitrogen and oxygen atoms in total. The van der Waals surface area contributed by atoms with Gasteiger partial charge in [0.25, 0.3) is 0 Å². The van der Waals surface area contributed by atoms with Crippen molar-refractivity contribution in [3.63, 3.8) is 0 Å². The van der Waals surface area contributed by atoms with E-state index in [0.29, 0.717) is 41.3 Å². The summed E-state index contributed by atoms with van der Waals surface area (Å²) in [7, 11) is 2.20. The number of para-hydroxylation sites is 2. The first-order chi connectivity index (χ1) is 23.5. The first-order valence-corrected chi connectivity index (χ1v) is 16.4. The van der Waals surface area contributed by atoms with Gasteiger partial charge in [-0.3, -0.25) is 4.90 Å². The van der Waals surface area contributed by atoms with Gasteiger partial charge < -0.3 is 24.7 Å². The Labute approximate surface area is 286 Å². The summed E-state index contributed by atoms with van der Waals surface area (Å²) >= 11 is 0. The van der Waals surface area contributed by atoms with Gasteiger partial charge in [-0.15, -0.1) is 6.58 Å². The van der Waals surface area contributed by atoms with E-state index in [0.717, 1.165) is 67.7 Å². The van der Waals surface area contributed by atoms with Crippen molar-refractivity contribution < 1.29 is 29.3 Å². The van der Waals surface area contributed by atoms with Gasteiger partial charge >= 0.3 is 17.9 Å². The number of nitriles is 1. The lowest BCUT2D eigenvalue weighted by atomic mass is 10.0. The third-order valence-corrected chi connectivity index (χ3v) is 8.87. The quantitative estimate of drug-likeness (QED) is 0.205. The van der Waals surface area contributed by atoms with Crippen molar-refractivity contribution in [1.82, 2.24) is 19.8 Å². The maximum Gasteiger partial charge on any atom is 0.338 e. The average molecular weight is 669 g/mol. The second-order valence-corrected chi connectivity index (χ2v) is 12.5. The van der Waals surface area contributed by atoms with E-state index >= 15 is 0 Å². The molecule has 0 saturated carbocycles. The van der Waals surface area contributed by atoms with Gasteiger partial charge in [0.1, 0.15) is 12.2 Å². The van der Waals surface area contributed by atoms with Crippen LogP contribution in [0.4, 0.5) is 5.82 Å². The van der Waals surface area contributed by atoms with Gasteiger partial charge in [0.2, 0.25) is 0 Å². The summed E-state index contributed by atoms with van der Waals surface area (Å²) in [6.45, 7) is 12.3. The molecule has 2 atom stereocenters. The fraction of sp³-hybridized carbons (Fsp3) is 0.405. The Morgan fingerprint density at radius 1 is 0.939 bits per heavy atom. The molecule has 1 aromatic heterocycles. The van der Waals surface area contributed by atoms with Crippen LogP contribution in [-0.2, 0) is 14.3 Å². The van der Waals surface area contributed by atoms with E-state index < -0.39 is 11.9 Å². The highest BCUT2D eigenvalue weighted by Gasteiger charge is 2.40. The molecule has 0 amide bonds. The number of rotatable bonds is 7. The number of carbonyl (C=O) groups excluding carboxylic acids is 1. The highest BCUT2D eigenvalue weighted by molar-refractivity contribution is 5.90. The van der Waals surface area contributed by atoms with Gasteiger partial charge in [-0.2, -0.15) is 5.26 Å². The summed E-state index contributed by atoms with van der Waals surface area (Å²) in [5.74, 6) is -1.97. The zero-order valence-corrected chi connectivity index (χ0v) is 28.3. The SMILES string of the molecule is C=CCN1CCN(c2nc3ccccc3nc2C#N)CC1.Cc1cc(C)cc(C(=O)OC2CC3CCC(C2)N3C)c1.O=C(O)/C=C\C(=O)O. The van der Waals surface area contributed by atoms with Crippen LogP contribution < -0.4 is 4.90 Å². The van der Waals surface area contributed by atoms with Crippen LogP contribution in [0.2, 0.25) is 0 Å². The molecule has 12 heteroatoms. The van der Waals surface area contributed by atoms with Crippen molar-refractivity contribution >= 4 is 34.8 Å². The monoisotopic (exact) mass is 668 g/mol. The number of piperidine rings is 1. The van der Waals surface area contributed by atoms with Crippen LogP contribution in [0.25, 0.3) is 11.0 Å². The number of aromatic nitrogens is 2. The van der Waals surface area contributed by atoms with Crippen LogP contribution in [0.5, 0.6) is 0 Å². The number of carboxylic acid groups (broad SMARTS) is 2. The predicted octanol–water partition coefficient (Wildman–Crippen LogP) is 4.61. The van der Waals surface area contributed by atoms with Gasteiger partial charge in [0.05, 0.1) is 16.6 Å². The largest absolute Gasteiger partial charge is 0.478 e. The van der Waals surface area contributed by atoms with Crippen molar-refractivity contribution in [2.24, 2.45) is 0 Å². The van der Waals surface area contributed by atoms with Crippen LogP contribution in [0.15, 0.2) is 67.3 Å². The molecule has 2 N–H and O–H groups in total. The van der Waals surface area contributed by atoms with E-state index in [-0.39, 0.29) is 12.1 Å². The van der Waals surface area contributed by atoms with Crippen molar-refractivity contribution in [1.29, 1.82) is 5.26 Å². The number of esters is 1. The van der Waals surface area contributed by atoms with E-state index in [4.69, 9.17) is 14.9 Å². The second kappa shape index (κ2) is 17.3. The first kappa shape index (κ1) is 36.7. The number of anilines is 1. The molecule has 0 aliphatic carbocycles. The number of nitrogens with zero attached hydrogens (tertiary/aromatic N) is 6. The number of ether oxygens (including phenoxy) is 1. The minimum atomic E-state index is -1.26. The van der Waals surface area contributed by atoms with Gasteiger partial charge in [-0.25, -0.2) is 24.4 Å². The molecule has 3 aliphatic heterocycles. The number of hydrogen-bond donors (Lipinski definition) is 2. The van der Waals surface area contributed by atoms with E-state index in [1.165, 1.54) is 12.8 Å². The lowest BCUT2D eigenvalue weighted by Gasteiger charge is -2.35. The number of hydrogen-bond acceptors (Lipinski definition) is 10. The topological polar surface area (TPSA) is 160 Å². The molecule has 6 rings (SSSR count).